The molecule has 0 fully saturated rings. The van der Waals surface area contributed by atoms with E-state index in [1.165, 1.54) is 6.07 Å². The molecule has 0 heterocycles. The van der Waals surface area contributed by atoms with E-state index in [0.717, 1.165) is 22.4 Å². The summed E-state index contributed by atoms with van der Waals surface area (Å²) >= 11 is 0. The maximum absolute atomic E-state index is 10.8. The minimum absolute atomic E-state index is 0.0763. The van der Waals surface area contributed by atoms with Gasteiger partial charge in [0, 0.05) is 23.9 Å². The first-order valence-electron chi connectivity index (χ1n) is 6.69. The van der Waals surface area contributed by atoms with Crippen molar-refractivity contribution >= 4 is 11.4 Å². The van der Waals surface area contributed by atoms with E-state index < -0.39 is 4.92 Å². The summed E-state index contributed by atoms with van der Waals surface area (Å²) in [7, 11) is 0. The van der Waals surface area contributed by atoms with Gasteiger partial charge in [-0.05, 0) is 49.6 Å². The summed E-state index contributed by atoms with van der Waals surface area (Å²) in [6.07, 6.45) is 0. The van der Waals surface area contributed by atoms with Crippen LogP contribution in [0.1, 0.15) is 29.7 Å². The lowest BCUT2D eigenvalue weighted by Gasteiger charge is -2.18. The number of hydrogen-bond donors (Lipinski definition) is 2. The number of rotatable bonds is 4. The molecular formula is C16H18N2O3. The lowest BCUT2D eigenvalue weighted by molar-refractivity contribution is -0.384. The van der Waals surface area contributed by atoms with Crippen LogP contribution in [0.5, 0.6) is 5.75 Å². The Morgan fingerprint density at radius 2 is 1.90 bits per heavy atom. The van der Waals surface area contributed by atoms with Crippen molar-refractivity contribution in [3.63, 3.8) is 0 Å². The van der Waals surface area contributed by atoms with Crippen molar-refractivity contribution in [2.45, 2.75) is 26.8 Å². The molecule has 0 aliphatic rings. The number of phenols is 1. The van der Waals surface area contributed by atoms with Crippen molar-refractivity contribution in [3.05, 3.63) is 63.2 Å². The van der Waals surface area contributed by atoms with Gasteiger partial charge in [-0.1, -0.05) is 12.1 Å². The quantitative estimate of drug-likeness (QED) is 0.504. The largest absolute Gasteiger partial charge is 0.508 e. The Balaban J connectivity index is 2.26. The number of nitro groups is 1. The molecule has 110 valence electrons. The zero-order valence-electron chi connectivity index (χ0n) is 12.3. The van der Waals surface area contributed by atoms with Crippen molar-refractivity contribution in [2.75, 3.05) is 5.32 Å². The Morgan fingerprint density at radius 1 is 1.19 bits per heavy atom. The van der Waals surface area contributed by atoms with E-state index >= 15 is 0 Å². The van der Waals surface area contributed by atoms with Crippen LogP contribution in [-0.2, 0) is 0 Å². The number of phenolic OH excluding ortho intramolecular Hbond substituents is 1. The van der Waals surface area contributed by atoms with Gasteiger partial charge in [0.25, 0.3) is 5.69 Å². The summed E-state index contributed by atoms with van der Waals surface area (Å²) in [5.41, 5.74) is 3.54. The fourth-order valence-electron chi connectivity index (χ4n) is 2.18. The standard InChI is InChI=1S/C16H18N2O3/c1-10-8-16(19)11(2)7-15(10)17-12(3)13-5-4-6-14(9-13)18(20)21/h4-9,12,17,19H,1-3H3. The predicted octanol–water partition coefficient (Wildman–Crippen LogP) is 4.09. The van der Waals surface area contributed by atoms with Crippen LogP contribution in [0.25, 0.3) is 0 Å². The second kappa shape index (κ2) is 5.83. The SMILES string of the molecule is Cc1cc(NC(C)c2cccc([N+](=O)[O-])c2)c(C)cc1O. The zero-order valence-corrected chi connectivity index (χ0v) is 12.3. The monoisotopic (exact) mass is 286 g/mol. The van der Waals surface area contributed by atoms with Gasteiger partial charge in [0.2, 0.25) is 0 Å². The zero-order chi connectivity index (χ0) is 15.6. The highest BCUT2D eigenvalue weighted by Crippen LogP contribution is 2.28. The normalized spacial score (nSPS) is 12.0. The summed E-state index contributed by atoms with van der Waals surface area (Å²) in [6.45, 7) is 5.68. The first kappa shape index (κ1) is 14.8. The molecule has 0 amide bonds. The lowest BCUT2D eigenvalue weighted by atomic mass is 10.1. The van der Waals surface area contributed by atoms with E-state index in [-0.39, 0.29) is 17.5 Å². The average molecular weight is 286 g/mol. The molecule has 2 aromatic carbocycles. The number of hydrogen-bond acceptors (Lipinski definition) is 4. The molecule has 0 spiro atoms. The second-order valence-electron chi connectivity index (χ2n) is 5.17. The van der Waals surface area contributed by atoms with Crippen molar-refractivity contribution in [2.24, 2.45) is 0 Å². The third kappa shape index (κ3) is 3.31. The second-order valence-corrected chi connectivity index (χ2v) is 5.17. The maximum atomic E-state index is 10.8. The average Bonchev–Trinajstić information content (AvgIpc) is 2.44. The van der Waals surface area contributed by atoms with Crippen molar-refractivity contribution < 1.29 is 10.0 Å². The molecule has 0 aromatic heterocycles. The highest BCUT2D eigenvalue weighted by Gasteiger charge is 2.12. The van der Waals surface area contributed by atoms with Crippen molar-refractivity contribution in [1.82, 2.24) is 0 Å². The Labute approximate surface area is 123 Å². The van der Waals surface area contributed by atoms with E-state index in [4.69, 9.17) is 0 Å². The predicted molar refractivity (Wildman–Crippen MR) is 82.7 cm³/mol. The number of non-ortho nitro benzene ring substituents is 1. The molecule has 0 saturated carbocycles. The van der Waals surface area contributed by atoms with Crippen molar-refractivity contribution in [3.8, 4) is 5.75 Å². The van der Waals surface area contributed by atoms with Gasteiger partial charge in [0.05, 0.1) is 4.92 Å². The molecule has 0 saturated heterocycles. The highest BCUT2D eigenvalue weighted by molar-refractivity contribution is 5.57. The Kier molecular flexibility index (Phi) is 4.12. The van der Waals surface area contributed by atoms with E-state index in [2.05, 4.69) is 5.32 Å². The molecule has 0 aliphatic carbocycles. The van der Waals surface area contributed by atoms with Gasteiger partial charge >= 0.3 is 0 Å². The topological polar surface area (TPSA) is 75.4 Å². The summed E-state index contributed by atoms with van der Waals surface area (Å²) < 4.78 is 0. The number of nitrogens with zero attached hydrogens (tertiary/aromatic N) is 1. The van der Waals surface area contributed by atoms with Crippen LogP contribution < -0.4 is 5.32 Å². The number of aryl methyl sites for hydroxylation is 2. The van der Waals surface area contributed by atoms with Gasteiger partial charge in [-0.2, -0.15) is 0 Å². The molecule has 21 heavy (non-hydrogen) atoms. The smallest absolute Gasteiger partial charge is 0.269 e. The molecule has 0 radical (unpaired) electrons. The van der Waals surface area contributed by atoms with E-state index in [0.29, 0.717) is 0 Å². The fraction of sp³-hybridized carbons (Fsp3) is 0.250. The molecule has 2 rings (SSSR count). The number of benzene rings is 2. The molecular weight excluding hydrogens is 268 g/mol. The number of aromatic hydroxyl groups is 1. The Hall–Kier alpha value is -2.56. The first-order chi connectivity index (χ1) is 9.88. The summed E-state index contributed by atoms with van der Waals surface area (Å²) in [6, 6.07) is 10.1. The van der Waals surface area contributed by atoms with E-state index in [9.17, 15) is 15.2 Å². The Bertz CT molecular complexity index is 683. The lowest BCUT2D eigenvalue weighted by Crippen LogP contribution is -2.08. The third-order valence-corrected chi connectivity index (χ3v) is 3.50. The summed E-state index contributed by atoms with van der Waals surface area (Å²) in [5.74, 6) is 0.265. The third-order valence-electron chi connectivity index (χ3n) is 3.50. The van der Waals surface area contributed by atoms with Crippen LogP contribution in [0, 0.1) is 24.0 Å². The number of anilines is 1. The van der Waals surface area contributed by atoms with Gasteiger partial charge < -0.3 is 10.4 Å². The number of nitro benzene ring substituents is 1. The minimum Gasteiger partial charge on any atom is -0.508 e. The molecule has 5 nitrogen and oxygen atoms in total. The van der Waals surface area contributed by atoms with Crippen LogP contribution in [0.3, 0.4) is 0 Å². The molecule has 2 aromatic rings. The van der Waals surface area contributed by atoms with Crippen molar-refractivity contribution in [1.29, 1.82) is 0 Å². The Morgan fingerprint density at radius 3 is 2.57 bits per heavy atom. The molecule has 0 aliphatic heterocycles. The summed E-state index contributed by atoms with van der Waals surface area (Å²) in [4.78, 5) is 10.4. The maximum Gasteiger partial charge on any atom is 0.269 e. The van der Waals surface area contributed by atoms with Crippen LogP contribution in [0.15, 0.2) is 36.4 Å². The molecule has 5 heteroatoms. The van der Waals surface area contributed by atoms with Gasteiger partial charge in [-0.15, -0.1) is 0 Å². The van der Waals surface area contributed by atoms with E-state index in [1.54, 1.807) is 18.2 Å². The van der Waals surface area contributed by atoms with Gasteiger partial charge in [0.15, 0.2) is 0 Å². The van der Waals surface area contributed by atoms with Crippen LogP contribution in [-0.4, -0.2) is 10.0 Å². The minimum atomic E-state index is -0.397. The van der Waals surface area contributed by atoms with Crippen LogP contribution >= 0.6 is 0 Å². The molecule has 1 atom stereocenters. The highest BCUT2D eigenvalue weighted by atomic mass is 16.6. The van der Waals surface area contributed by atoms with Crippen LogP contribution in [0.2, 0.25) is 0 Å². The van der Waals surface area contributed by atoms with Crippen LogP contribution in [0.4, 0.5) is 11.4 Å². The van der Waals surface area contributed by atoms with Gasteiger partial charge in [-0.3, -0.25) is 10.1 Å². The summed E-state index contributed by atoms with van der Waals surface area (Å²) in [5, 5.41) is 23.8. The molecule has 0 bridgehead atoms. The van der Waals surface area contributed by atoms with Gasteiger partial charge in [-0.25, -0.2) is 0 Å². The van der Waals surface area contributed by atoms with Gasteiger partial charge in [0.1, 0.15) is 5.75 Å². The molecule has 2 N–H and O–H groups in total. The fourth-order valence-corrected chi connectivity index (χ4v) is 2.18. The molecule has 1 unspecified atom stereocenters. The number of nitrogens with one attached hydrogen (secondary N) is 1. The van der Waals surface area contributed by atoms with E-state index in [1.807, 2.05) is 32.9 Å². The first-order valence-corrected chi connectivity index (χ1v) is 6.69.